The minimum absolute atomic E-state index is 0.701. The minimum Gasteiger partial charge on any atom is -0.235 e. The lowest BCUT2D eigenvalue weighted by Gasteiger charge is -2.11. The number of hydrogen-bond donors (Lipinski definition) is 0. The molecule has 6 aromatic rings. The smallest absolute Gasteiger partial charge is 0.183 e. The van der Waals surface area contributed by atoms with Gasteiger partial charge in [0, 0.05) is 17.3 Å². The van der Waals surface area contributed by atoms with Crippen LogP contribution in [-0.2, 0) is 0 Å². The fourth-order valence-electron chi connectivity index (χ4n) is 3.92. The summed E-state index contributed by atoms with van der Waals surface area (Å²) in [7, 11) is 0. The molecule has 3 aromatic heterocycles. The Hall–Kier alpha value is -4.05. The molecule has 0 aliphatic carbocycles. The van der Waals surface area contributed by atoms with Gasteiger partial charge in [0.2, 0.25) is 0 Å². The largest absolute Gasteiger partial charge is 0.235 e. The molecule has 0 N–H and O–H groups in total. The van der Waals surface area contributed by atoms with Crippen molar-refractivity contribution in [2.75, 3.05) is 0 Å². The second-order valence-corrected chi connectivity index (χ2v) is 7.03. The SMILES string of the molecule is c1ccc(-c2cc(-c3cccc4ccccc34)n3nc4ncccc4c3n2)cc1. The van der Waals surface area contributed by atoms with Gasteiger partial charge in [-0.3, -0.25) is 0 Å². The van der Waals surface area contributed by atoms with Crippen LogP contribution < -0.4 is 0 Å². The van der Waals surface area contributed by atoms with E-state index in [0.29, 0.717) is 5.65 Å². The second-order valence-electron chi connectivity index (χ2n) is 7.03. The predicted octanol–water partition coefficient (Wildman–Crippen LogP) is 5.76. The van der Waals surface area contributed by atoms with Gasteiger partial charge in [0.05, 0.1) is 16.8 Å². The van der Waals surface area contributed by atoms with Crippen LogP contribution in [0.3, 0.4) is 0 Å². The highest BCUT2D eigenvalue weighted by Crippen LogP contribution is 2.33. The molecule has 0 saturated heterocycles. The number of benzene rings is 3. The third kappa shape index (κ3) is 2.50. The van der Waals surface area contributed by atoms with Gasteiger partial charge in [0.15, 0.2) is 11.3 Å². The monoisotopic (exact) mass is 372 g/mol. The molecular formula is C25H16N4. The lowest BCUT2D eigenvalue weighted by atomic mass is 10.0. The number of nitrogens with zero attached hydrogens (tertiary/aromatic N) is 4. The van der Waals surface area contributed by atoms with E-state index in [4.69, 9.17) is 10.1 Å². The van der Waals surface area contributed by atoms with Gasteiger partial charge in [-0.2, -0.15) is 0 Å². The molecule has 3 heterocycles. The average Bonchev–Trinajstić information content (AvgIpc) is 3.17. The summed E-state index contributed by atoms with van der Waals surface area (Å²) >= 11 is 0. The fraction of sp³-hybridized carbons (Fsp3) is 0. The summed E-state index contributed by atoms with van der Waals surface area (Å²) in [6.45, 7) is 0. The molecule has 0 amide bonds. The van der Waals surface area contributed by atoms with Crippen LogP contribution in [0.5, 0.6) is 0 Å². The highest BCUT2D eigenvalue weighted by Gasteiger charge is 2.16. The lowest BCUT2D eigenvalue weighted by molar-refractivity contribution is 0.959. The van der Waals surface area contributed by atoms with Gasteiger partial charge in [-0.05, 0) is 29.0 Å². The first-order valence-corrected chi connectivity index (χ1v) is 9.56. The highest BCUT2D eigenvalue weighted by atomic mass is 15.3. The number of fused-ring (bicyclic) bond motifs is 4. The standard InChI is InChI=1S/C25H16N4/c1-2-9-18(10-3-1)22-16-23(20-13-6-11-17-8-4-5-12-19(17)20)29-25(27-22)21-14-7-15-26-24(21)28-29/h1-16H. The van der Waals surface area contributed by atoms with Gasteiger partial charge in [-0.15, -0.1) is 5.10 Å². The van der Waals surface area contributed by atoms with Crippen molar-refractivity contribution in [2.45, 2.75) is 0 Å². The fourth-order valence-corrected chi connectivity index (χ4v) is 3.92. The number of pyridine rings is 1. The van der Waals surface area contributed by atoms with Crippen molar-refractivity contribution < 1.29 is 0 Å². The van der Waals surface area contributed by atoms with Gasteiger partial charge in [0.25, 0.3) is 0 Å². The number of aromatic nitrogens is 4. The zero-order chi connectivity index (χ0) is 19.2. The maximum absolute atomic E-state index is 4.96. The van der Waals surface area contributed by atoms with Crippen LogP contribution >= 0.6 is 0 Å². The number of rotatable bonds is 2. The van der Waals surface area contributed by atoms with Crippen molar-refractivity contribution in [2.24, 2.45) is 0 Å². The Kier molecular flexibility index (Phi) is 3.43. The summed E-state index contributed by atoms with van der Waals surface area (Å²) in [5.74, 6) is 0. The van der Waals surface area contributed by atoms with Crippen molar-refractivity contribution in [1.29, 1.82) is 0 Å². The van der Waals surface area contributed by atoms with E-state index in [1.165, 1.54) is 10.8 Å². The summed E-state index contributed by atoms with van der Waals surface area (Å²) in [6.07, 6.45) is 1.77. The summed E-state index contributed by atoms with van der Waals surface area (Å²) in [5.41, 5.74) is 5.65. The molecule has 136 valence electrons. The summed E-state index contributed by atoms with van der Waals surface area (Å²) in [6, 6.07) is 31.1. The van der Waals surface area contributed by atoms with E-state index in [2.05, 4.69) is 65.6 Å². The Labute approximate surface area is 167 Å². The molecule has 0 radical (unpaired) electrons. The third-order valence-corrected chi connectivity index (χ3v) is 5.29. The van der Waals surface area contributed by atoms with Crippen molar-refractivity contribution >= 4 is 27.5 Å². The molecule has 4 heteroatoms. The molecule has 0 spiro atoms. The molecular weight excluding hydrogens is 356 g/mol. The van der Waals surface area contributed by atoms with E-state index in [9.17, 15) is 0 Å². The van der Waals surface area contributed by atoms with Crippen LogP contribution in [0, 0.1) is 0 Å². The molecule has 0 fully saturated rings. The zero-order valence-electron chi connectivity index (χ0n) is 15.5. The van der Waals surface area contributed by atoms with E-state index < -0.39 is 0 Å². The Morgan fingerprint density at radius 3 is 2.41 bits per heavy atom. The van der Waals surface area contributed by atoms with Crippen molar-refractivity contribution in [3.05, 3.63) is 97.2 Å². The lowest BCUT2D eigenvalue weighted by Crippen LogP contribution is -1.99. The quantitative estimate of drug-likeness (QED) is 0.388. The Morgan fingerprint density at radius 1 is 0.690 bits per heavy atom. The van der Waals surface area contributed by atoms with Crippen molar-refractivity contribution in [1.82, 2.24) is 19.6 Å². The van der Waals surface area contributed by atoms with E-state index in [0.717, 1.165) is 33.5 Å². The third-order valence-electron chi connectivity index (χ3n) is 5.29. The maximum atomic E-state index is 4.96. The second kappa shape index (κ2) is 6.24. The van der Waals surface area contributed by atoms with Gasteiger partial charge in [0.1, 0.15) is 0 Å². The average molecular weight is 372 g/mol. The van der Waals surface area contributed by atoms with Gasteiger partial charge in [-0.1, -0.05) is 72.8 Å². The molecule has 6 rings (SSSR count). The Morgan fingerprint density at radius 2 is 1.48 bits per heavy atom. The maximum Gasteiger partial charge on any atom is 0.183 e. The van der Waals surface area contributed by atoms with Crippen LogP contribution in [0.25, 0.3) is 50.0 Å². The van der Waals surface area contributed by atoms with Gasteiger partial charge < -0.3 is 0 Å². The summed E-state index contributed by atoms with van der Waals surface area (Å²) in [4.78, 5) is 9.41. The van der Waals surface area contributed by atoms with Crippen molar-refractivity contribution in [3.8, 4) is 22.5 Å². The minimum atomic E-state index is 0.701. The van der Waals surface area contributed by atoms with Crippen LogP contribution in [-0.4, -0.2) is 19.6 Å². The normalized spacial score (nSPS) is 11.4. The summed E-state index contributed by atoms with van der Waals surface area (Å²) in [5, 5.41) is 8.12. The predicted molar refractivity (Wildman–Crippen MR) is 117 cm³/mol. The molecule has 0 saturated carbocycles. The highest BCUT2D eigenvalue weighted by molar-refractivity contribution is 5.98. The zero-order valence-corrected chi connectivity index (χ0v) is 15.5. The van der Waals surface area contributed by atoms with E-state index in [1.807, 2.05) is 34.8 Å². The van der Waals surface area contributed by atoms with E-state index in [1.54, 1.807) is 6.20 Å². The topological polar surface area (TPSA) is 43.1 Å². The molecule has 0 aliphatic rings. The van der Waals surface area contributed by atoms with Crippen LogP contribution in [0.4, 0.5) is 0 Å². The Bertz CT molecular complexity index is 1490. The Balaban J connectivity index is 1.77. The van der Waals surface area contributed by atoms with Crippen LogP contribution in [0.1, 0.15) is 0 Å². The molecule has 0 atom stereocenters. The first-order chi connectivity index (χ1) is 14.4. The number of hydrogen-bond acceptors (Lipinski definition) is 3. The van der Waals surface area contributed by atoms with Crippen molar-refractivity contribution in [3.63, 3.8) is 0 Å². The molecule has 0 aliphatic heterocycles. The molecule has 0 unspecified atom stereocenters. The molecule has 4 nitrogen and oxygen atoms in total. The van der Waals surface area contributed by atoms with E-state index >= 15 is 0 Å². The van der Waals surface area contributed by atoms with Crippen LogP contribution in [0.15, 0.2) is 97.2 Å². The first kappa shape index (κ1) is 16.0. The van der Waals surface area contributed by atoms with Gasteiger partial charge >= 0.3 is 0 Å². The van der Waals surface area contributed by atoms with Crippen LogP contribution in [0.2, 0.25) is 0 Å². The van der Waals surface area contributed by atoms with E-state index in [-0.39, 0.29) is 0 Å². The molecule has 29 heavy (non-hydrogen) atoms. The first-order valence-electron chi connectivity index (χ1n) is 9.56. The molecule has 3 aromatic carbocycles. The summed E-state index contributed by atoms with van der Waals surface area (Å²) < 4.78 is 1.92. The molecule has 0 bridgehead atoms. The van der Waals surface area contributed by atoms with Gasteiger partial charge in [-0.25, -0.2) is 14.5 Å².